The van der Waals surface area contributed by atoms with Crippen molar-refractivity contribution in [3.63, 3.8) is 0 Å². The number of primary sulfonamides is 1. The molecular weight excluding hydrogens is 392 g/mol. The van der Waals surface area contributed by atoms with Crippen LogP contribution in [-0.2, 0) is 26.2 Å². The van der Waals surface area contributed by atoms with Gasteiger partial charge in [-0.2, -0.15) is 5.10 Å². The Hall–Kier alpha value is -3.04. The van der Waals surface area contributed by atoms with Gasteiger partial charge in [0.1, 0.15) is 5.71 Å². The number of rotatable bonds is 5. The van der Waals surface area contributed by atoms with Crippen molar-refractivity contribution in [2.24, 2.45) is 10.2 Å². The zero-order valence-corrected chi connectivity index (χ0v) is 17.0. The predicted octanol–water partition coefficient (Wildman–Crippen LogP) is 1.75. The molecule has 0 aromatic heterocycles. The Balaban J connectivity index is 1.77. The molecule has 8 nitrogen and oxygen atoms in total. The van der Waals surface area contributed by atoms with Crippen LogP contribution in [0, 0.1) is 13.8 Å². The number of nitrogens with one attached hydrogen (secondary N) is 1. The second kappa shape index (κ2) is 8.14. The van der Waals surface area contributed by atoms with Crippen LogP contribution in [0.1, 0.15) is 29.5 Å². The molecule has 2 aromatic rings. The standard InChI is InChI=1S/C20H22N4O4S/c1-13-6-7-14(2)18(10-13)24-19(25)9-8-17(23-24)20(26)22-12-15-4-3-5-16(11-15)29(21,27)28/h3-7,10-11H,8-9,12H2,1-2H3,(H,22,26)(H2,21,27,28). The van der Waals surface area contributed by atoms with Crippen molar-refractivity contribution in [1.82, 2.24) is 5.32 Å². The summed E-state index contributed by atoms with van der Waals surface area (Å²) in [6.45, 7) is 3.91. The molecule has 2 aromatic carbocycles. The van der Waals surface area contributed by atoms with E-state index in [9.17, 15) is 18.0 Å². The third-order valence-corrected chi connectivity index (χ3v) is 5.48. The first kappa shape index (κ1) is 20.7. The molecule has 9 heteroatoms. The molecule has 0 atom stereocenters. The summed E-state index contributed by atoms with van der Waals surface area (Å²) in [7, 11) is -3.82. The number of benzene rings is 2. The number of nitrogens with two attached hydrogens (primary N) is 1. The SMILES string of the molecule is Cc1ccc(C)c(N2N=C(C(=O)NCc3cccc(S(N)(=O)=O)c3)CCC2=O)c1. The van der Waals surface area contributed by atoms with Gasteiger partial charge in [0.15, 0.2) is 0 Å². The zero-order chi connectivity index (χ0) is 21.2. The van der Waals surface area contributed by atoms with Crippen molar-refractivity contribution in [2.75, 3.05) is 5.01 Å². The minimum Gasteiger partial charge on any atom is -0.347 e. The van der Waals surface area contributed by atoms with Crippen molar-refractivity contribution in [3.8, 4) is 0 Å². The first-order valence-electron chi connectivity index (χ1n) is 9.03. The number of aryl methyl sites for hydroxylation is 2. The van der Waals surface area contributed by atoms with Gasteiger partial charge in [0, 0.05) is 19.4 Å². The molecule has 0 spiro atoms. The number of sulfonamides is 1. The molecule has 0 bridgehead atoms. The van der Waals surface area contributed by atoms with Crippen LogP contribution in [-0.4, -0.2) is 25.9 Å². The Bertz CT molecular complexity index is 1110. The summed E-state index contributed by atoms with van der Waals surface area (Å²) in [6, 6.07) is 11.7. The highest BCUT2D eigenvalue weighted by Gasteiger charge is 2.26. The summed E-state index contributed by atoms with van der Waals surface area (Å²) in [6.07, 6.45) is 0.420. The van der Waals surface area contributed by atoms with Gasteiger partial charge in [-0.1, -0.05) is 24.3 Å². The number of carbonyl (C=O) groups is 2. The van der Waals surface area contributed by atoms with Crippen LogP contribution >= 0.6 is 0 Å². The average molecular weight is 414 g/mol. The first-order chi connectivity index (χ1) is 13.6. The van der Waals surface area contributed by atoms with Crippen LogP contribution in [0.15, 0.2) is 52.5 Å². The van der Waals surface area contributed by atoms with Crippen molar-refractivity contribution in [3.05, 3.63) is 59.2 Å². The molecule has 3 N–H and O–H groups in total. The lowest BCUT2D eigenvalue weighted by Crippen LogP contribution is -2.39. The lowest BCUT2D eigenvalue weighted by Gasteiger charge is -2.24. The molecule has 0 unspecified atom stereocenters. The van der Waals surface area contributed by atoms with E-state index in [2.05, 4.69) is 10.4 Å². The van der Waals surface area contributed by atoms with Crippen molar-refractivity contribution in [2.45, 2.75) is 38.1 Å². The Morgan fingerprint density at radius 2 is 1.93 bits per heavy atom. The van der Waals surface area contributed by atoms with Gasteiger partial charge in [0.2, 0.25) is 15.9 Å². The molecular formula is C20H22N4O4S. The maximum Gasteiger partial charge on any atom is 0.267 e. The fraction of sp³-hybridized carbons (Fsp3) is 0.250. The third-order valence-electron chi connectivity index (χ3n) is 4.57. The molecule has 0 saturated carbocycles. The van der Waals surface area contributed by atoms with E-state index < -0.39 is 15.9 Å². The number of hydrogen-bond donors (Lipinski definition) is 2. The molecule has 0 aliphatic carbocycles. The molecule has 1 heterocycles. The topological polar surface area (TPSA) is 122 Å². The maximum absolute atomic E-state index is 12.6. The lowest BCUT2D eigenvalue weighted by atomic mass is 10.1. The van der Waals surface area contributed by atoms with Gasteiger partial charge in [-0.3, -0.25) is 9.59 Å². The van der Waals surface area contributed by atoms with E-state index >= 15 is 0 Å². The number of hydrazone groups is 1. The maximum atomic E-state index is 12.6. The second-order valence-corrected chi connectivity index (χ2v) is 8.48. The Morgan fingerprint density at radius 1 is 1.17 bits per heavy atom. The summed E-state index contributed by atoms with van der Waals surface area (Å²) in [5.74, 6) is -0.579. The molecule has 0 saturated heterocycles. The van der Waals surface area contributed by atoms with Crippen molar-refractivity contribution < 1.29 is 18.0 Å². The number of amides is 2. The highest BCUT2D eigenvalue weighted by molar-refractivity contribution is 7.89. The minimum absolute atomic E-state index is 0.0223. The average Bonchev–Trinajstić information content (AvgIpc) is 2.68. The van der Waals surface area contributed by atoms with Crippen LogP contribution in [0.5, 0.6) is 0 Å². The molecule has 0 fully saturated rings. The molecule has 1 aliphatic heterocycles. The summed E-state index contributed by atoms with van der Waals surface area (Å²) in [5, 5.41) is 13.4. The lowest BCUT2D eigenvalue weighted by molar-refractivity contribution is -0.119. The Kier molecular flexibility index (Phi) is 5.81. The van der Waals surface area contributed by atoms with Gasteiger partial charge >= 0.3 is 0 Å². The van der Waals surface area contributed by atoms with E-state index in [0.29, 0.717) is 11.3 Å². The quantitative estimate of drug-likeness (QED) is 0.774. The van der Waals surface area contributed by atoms with Crippen molar-refractivity contribution in [1.29, 1.82) is 0 Å². The zero-order valence-electron chi connectivity index (χ0n) is 16.2. The fourth-order valence-electron chi connectivity index (χ4n) is 2.97. The molecule has 29 heavy (non-hydrogen) atoms. The van der Waals surface area contributed by atoms with Crippen LogP contribution < -0.4 is 15.5 Å². The molecule has 2 amide bonds. The number of anilines is 1. The van der Waals surface area contributed by atoms with Gasteiger partial charge in [-0.05, 0) is 48.7 Å². The van der Waals surface area contributed by atoms with E-state index in [1.165, 1.54) is 17.1 Å². The predicted molar refractivity (Wildman–Crippen MR) is 110 cm³/mol. The van der Waals surface area contributed by atoms with Gasteiger partial charge in [-0.25, -0.2) is 18.6 Å². The highest BCUT2D eigenvalue weighted by atomic mass is 32.2. The molecule has 3 rings (SSSR count). The number of carbonyl (C=O) groups excluding carboxylic acids is 2. The van der Waals surface area contributed by atoms with E-state index in [1.54, 1.807) is 12.1 Å². The van der Waals surface area contributed by atoms with Gasteiger partial charge in [0.25, 0.3) is 5.91 Å². The molecule has 152 valence electrons. The van der Waals surface area contributed by atoms with Gasteiger partial charge in [-0.15, -0.1) is 0 Å². The normalized spacial score (nSPS) is 14.5. The largest absolute Gasteiger partial charge is 0.347 e. The van der Waals surface area contributed by atoms with Gasteiger partial charge in [0.05, 0.1) is 10.6 Å². The monoisotopic (exact) mass is 414 g/mol. The van der Waals surface area contributed by atoms with E-state index in [-0.39, 0.29) is 35.9 Å². The Morgan fingerprint density at radius 3 is 2.66 bits per heavy atom. The fourth-order valence-corrected chi connectivity index (χ4v) is 3.55. The van der Waals surface area contributed by atoms with Crippen LogP contribution in [0.2, 0.25) is 0 Å². The van der Waals surface area contributed by atoms with Crippen LogP contribution in [0.3, 0.4) is 0 Å². The van der Waals surface area contributed by atoms with Crippen LogP contribution in [0.25, 0.3) is 0 Å². The van der Waals surface area contributed by atoms with Crippen molar-refractivity contribution >= 4 is 33.2 Å². The Labute approximate surface area is 169 Å². The summed E-state index contributed by atoms with van der Waals surface area (Å²) in [5.41, 5.74) is 3.35. The number of nitrogens with zero attached hydrogens (tertiary/aromatic N) is 2. The van der Waals surface area contributed by atoms with Gasteiger partial charge < -0.3 is 5.32 Å². The van der Waals surface area contributed by atoms with E-state index in [0.717, 1.165) is 11.1 Å². The number of hydrogen-bond acceptors (Lipinski definition) is 5. The molecule has 1 aliphatic rings. The van der Waals surface area contributed by atoms with E-state index in [1.807, 2.05) is 32.0 Å². The minimum atomic E-state index is -3.82. The third kappa shape index (κ3) is 4.87. The smallest absolute Gasteiger partial charge is 0.267 e. The van der Waals surface area contributed by atoms with Crippen LogP contribution in [0.4, 0.5) is 5.69 Å². The first-order valence-corrected chi connectivity index (χ1v) is 10.6. The second-order valence-electron chi connectivity index (χ2n) is 6.92. The highest BCUT2D eigenvalue weighted by Crippen LogP contribution is 2.25. The molecule has 0 radical (unpaired) electrons. The summed E-state index contributed by atoms with van der Waals surface area (Å²) < 4.78 is 22.9. The van der Waals surface area contributed by atoms with E-state index in [4.69, 9.17) is 5.14 Å². The summed E-state index contributed by atoms with van der Waals surface area (Å²) >= 11 is 0. The summed E-state index contributed by atoms with van der Waals surface area (Å²) in [4.78, 5) is 24.9.